The Morgan fingerprint density at radius 1 is 1.18 bits per heavy atom. The zero-order valence-electron chi connectivity index (χ0n) is 8.02. The summed E-state index contributed by atoms with van der Waals surface area (Å²) < 4.78 is 0. The fraction of sp³-hybridized carbons (Fsp3) is 1.00. The molecule has 1 saturated heterocycles. The molecule has 0 amide bonds. The van der Waals surface area contributed by atoms with Gasteiger partial charge in [0.25, 0.3) is 0 Å². The third kappa shape index (κ3) is 2.46. The molecule has 0 spiro atoms. The van der Waals surface area contributed by atoms with Crippen molar-refractivity contribution in [3.05, 3.63) is 0 Å². The van der Waals surface area contributed by atoms with E-state index < -0.39 is 5.60 Å². The number of hydrogen-bond acceptors (Lipinski definition) is 2. The highest BCUT2D eigenvalue weighted by molar-refractivity contribution is 4.90. The summed E-state index contributed by atoms with van der Waals surface area (Å²) in [6.45, 7) is 8.22. The molecule has 66 valence electrons. The van der Waals surface area contributed by atoms with Gasteiger partial charge in [0.05, 0.1) is 5.60 Å². The first-order valence-corrected chi connectivity index (χ1v) is 4.22. The largest absolute Gasteiger partial charge is 0.389 e. The number of hydrogen-bond donors (Lipinski definition) is 1. The third-order valence-electron chi connectivity index (χ3n) is 2.17. The van der Waals surface area contributed by atoms with Gasteiger partial charge in [-0.15, -0.1) is 0 Å². The highest BCUT2D eigenvalue weighted by Gasteiger charge is 2.37. The van der Waals surface area contributed by atoms with Crippen LogP contribution in [0.1, 0.15) is 27.2 Å². The lowest BCUT2D eigenvalue weighted by Crippen LogP contribution is -2.51. The molecule has 2 heteroatoms. The maximum Gasteiger partial charge on any atom is 0.0751 e. The average Bonchev–Trinajstić information content (AvgIpc) is 1.49. The molecule has 0 saturated carbocycles. The van der Waals surface area contributed by atoms with Gasteiger partial charge in [0, 0.05) is 13.1 Å². The number of aliphatic hydroxyl groups is 1. The van der Waals surface area contributed by atoms with Crippen LogP contribution in [0.25, 0.3) is 0 Å². The topological polar surface area (TPSA) is 23.5 Å². The van der Waals surface area contributed by atoms with Gasteiger partial charge in [-0.05, 0) is 25.8 Å². The number of piperidine rings is 1. The Hall–Kier alpha value is -0.0800. The van der Waals surface area contributed by atoms with Crippen LogP contribution in [0.15, 0.2) is 0 Å². The highest BCUT2D eigenvalue weighted by atomic mass is 16.3. The minimum Gasteiger partial charge on any atom is -0.389 e. The lowest BCUT2D eigenvalue weighted by molar-refractivity contribution is -0.0558. The van der Waals surface area contributed by atoms with Crippen LogP contribution in [0.3, 0.4) is 0 Å². The fourth-order valence-corrected chi connectivity index (χ4v) is 2.51. The predicted octanol–water partition coefficient (Wildman–Crippen LogP) is 1.10. The van der Waals surface area contributed by atoms with E-state index in [1.54, 1.807) is 0 Å². The summed E-state index contributed by atoms with van der Waals surface area (Å²) in [5.41, 5.74) is -0.229. The summed E-state index contributed by atoms with van der Waals surface area (Å²) in [7, 11) is 2.06. The summed E-state index contributed by atoms with van der Waals surface area (Å²) in [5.74, 6) is 0. The van der Waals surface area contributed by atoms with Crippen molar-refractivity contribution in [3.63, 3.8) is 0 Å². The molecule has 0 aromatic rings. The van der Waals surface area contributed by atoms with Crippen molar-refractivity contribution in [1.29, 1.82) is 0 Å². The monoisotopic (exact) mass is 157 g/mol. The molecule has 1 rings (SSSR count). The molecule has 1 atom stereocenters. The first-order chi connectivity index (χ1) is 4.81. The van der Waals surface area contributed by atoms with E-state index in [-0.39, 0.29) is 5.41 Å². The molecule has 1 fully saturated rings. The minimum atomic E-state index is -0.490. The van der Waals surface area contributed by atoms with Crippen molar-refractivity contribution in [1.82, 2.24) is 4.90 Å². The molecule has 1 unspecified atom stereocenters. The molecule has 0 aliphatic carbocycles. The lowest BCUT2D eigenvalue weighted by Gasteiger charge is -2.44. The van der Waals surface area contributed by atoms with Gasteiger partial charge in [-0.1, -0.05) is 13.8 Å². The lowest BCUT2D eigenvalue weighted by atomic mass is 9.77. The van der Waals surface area contributed by atoms with E-state index in [1.807, 2.05) is 6.92 Å². The van der Waals surface area contributed by atoms with Crippen LogP contribution >= 0.6 is 0 Å². The zero-order valence-corrected chi connectivity index (χ0v) is 8.02. The van der Waals surface area contributed by atoms with Gasteiger partial charge >= 0.3 is 0 Å². The van der Waals surface area contributed by atoms with Gasteiger partial charge in [-0.25, -0.2) is 0 Å². The van der Waals surface area contributed by atoms with Crippen molar-refractivity contribution < 1.29 is 5.11 Å². The van der Waals surface area contributed by atoms with Gasteiger partial charge in [-0.3, -0.25) is 0 Å². The quantitative estimate of drug-likeness (QED) is 0.569. The van der Waals surface area contributed by atoms with E-state index in [2.05, 4.69) is 25.8 Å². The second-order valence-electron chi connectivity index (χ2n) is 5.01. The van der Waals surface area contributed by atoms with Crippen LogP contribution in [0, 0.1) is 5.41 Å². The van der Waals surface area contributed by atoms with Crippen molar-refractivity contribution >= 4 is 0 Å². The van der Waals surface area contributed by atoms with Crippen molar-refractivity contribution in [2.45, 2.75) is 32.8 Å². The SMILES string of the molecule is CN1CC(C)(C)CC(C)(O)C1. The molecule has 1 N–H and O–H groups in total. The molecule has 2 nitrogen and oxygen atoms in total. The number of β-amino-alcohol motifs (C(OH)–C–C–N with tert-alkyl or cyclic N) is 1. The Bertz CT molecular complexity index is 136. The molecule has 1 aliphatic heterocycles. The Balaban J connectivity index is 2.66. The average molecular weight is 157 g/mol. The first-order valence-electron chi connectivity index (χ1n) is 4.22. The van der Waals surface area contributed by atoms with Crippen molar-refractivity contribution in [2.24, 2.45) is 5.41 Å². The summed E-state index contributed by atoms with van der Waals surface area (Å²) in [6, 6.07) is 0. The number of rotatable bonds is 0. The molecule has 0 aromatic carbocycles. The molecular weight excluding hydrogens is 138 g/mol. The van der Waals surface area contributed by atoms with Gasteiger partial charge in [0.15, 0.2) is 0 Å². The van der Waals surface area contributed by atoms with E-state index in [1.165, 1.54) is 0 Å². The van der Waals surface area contributed by atoms with Crippen LogP contribution in [0.5, 0.6) is 0 Å². The van der Waals surface area contributed by atoms with Crippen molar-refractivity contribution in [3.8, 4) is 0 Å². The van der Waals surface area contributed by atoms with Gasteiger partial charge in [-0.2, -0.15) is 0 Å². The fourth-order valence-electron chi connectivity index (χ4n) is 2.51. The van der Waals surface area contributed by atoms with E-state index >= 15 is 0 Å². The first kappa shape index (κ1) is 9.01. The van der Waals surface area contributed by atoms with E-state index in [4.69, 9.17) is 0 Å². The molecule has 0 aromatic heterocycles. The smallest absolute Gasteiger partial charge is 0.0751 e. The van der Waals surface area contributed by atoms with Crippen LogP contribution in [0.2, 0.25) is 0 Å². The van der Waals surface area contributed by atoms with Gasteiger partial charge < -0.3 is 10.0 Å². The number of likely N-dealkylation sites (tertiary alicyclic amines) is 1. The van der Waals surface area contributed by atoms with Crippen LogP contribution in [-0.4, -0.2) is 35.7 Å². The van der Waals surface area contributed by atoms with Gasteiger partial charge in [0.1, 0.15) is 0 Å². The van der Waals surface area contributed by atoms with Crippen LogP contribution in [0.4, 0.5) is 0 Å². The molecule has 0 bridgehead atoms. The maximum absolute atomic E-state index is 9.84. The van der Waals surface area contributed by atoms with Crippen LogP contribution in [-0.2, 0) is 0 Å². The molecule has 11 heavy (non-hydrogen) atoms. The van der Waals surface area contributed by atoms with Crippen LogP contribution < -0.4 is 0 Å². The third-order valence-corrected chi connectivity index (χ3v) is 2.17. The Kier molecular flexibility index (Phi) is 2.01. The zero-order chi connectivity index (χ0) is 8.70. The second kappa shape index (κ2) is 2.46. The Morgan fingerprint density at radius 2 is 1.73 bits per heavy atom. The van der Waals surface area contributed by atoms with Gasteiger partial charge in [0.2, 0.25) is 0 Å². The summed E-state index contributed by atoms with van der Waals surface area (Å²) in [6.07, 6.45) is 0.907. The maximum atomic E-state index is 9.84. The standard InChI is InChI=1S/C9H19NO/c1-8(2)5-9(3,11)7-10(4)6-8/h11H,5-7H2,1-4H3. The highest BCUT2D eigenvalue weighted by Crippen LogP contribution is 2.33. The van der Waals surface area contributed by atoms with E-state index in [0.717, 1.165) is 19.5 Å². The molecule has 0 radical (unpaired) electrons. The number of likely N-dealkylation sites (N-methyl/N-ethyl adjacent to an activating group) is 1. The van der Waals surface area contributed by atoms with E-state index in [9.17, 15) is 5.11 Å². The predicted molar refractivity (Wildman–Crippen MR) is 46.5 cm³/mol. The summed E-state index contributed by atoms with van der Waals surface area (Å²) in [4.78, 5) is 2.20. The Labute approximate surface area is 69.2 Å². The molecular formula is C9H19NO. The number of nitrogens with zero attached hydrogens (tertiary/aromatic N) is 1. The summed E-state index contributed by atoms with van der Waals surface area (Å²) in [5, 5.41) is 9.84. The van der Waals surface area contributed by atoms with E-state index in [0.29, 0.717) is 0 Å². The molecule has 1 heterocycles. The second-order valence-corrected chi connectivity index (χ2v) is 5.01. The minimum absolute atomic E-state index is 0.260. The Morgan fingerprint density at radius 3 is 2.09 bits per heavy atom. The normalized spacial score (nSPS) is 39.0. The van der Waals surface area contributed by atoms with Crippen molar-refractivity contribution in [2.75, 3.05) is 20.1 Å². The molecule has 1 aliphatic rings. The summed E-state index contributed by atoms with van der Waals surface area (Å²) >= 11 is 0.